The van der Waals surface area contributed by atoms with Gasteiger partial charge in [-0.05, 0) is 18.1 Å². The average Bonchev–Trinajstić information content (AvgIpc) is 2.28. The van der Waals surface area contributed by atoms with Crippen LogP contribution in [0.3, 0.4) is 0 Å². The second kappa shape index (κ2) is 5.91. The van der Waals surface area contributed by atoms with E-state index < -0.39 is 33.1 Å². The summed E-state index contributed by atoms with van der Waals surface area (Å²) >= 11 is 0. The molecule has 3 N–H and O–H groups in total. The first-order chi connectivity index (χ1) is 9.17. The van der Waals surface area contributed by atoms with Crippen LogP contribution < -0.4 is 9.92 Å². The van der Waals surface area contributed by atoms with Gasteiger partial charge in [-0.2, -0.15) is 8.42 Å². The van der Waals surface area contributed by atoms with E-state index in [0.717, 1.165) is 6.26 Å². The quantitative estimate of drug-likeness (QED) is 0.748. The van der Waals surface area contributed by atoms with E-state index in [1.165, 1.54) is 12.1 Å². The van der Waals surface area contributed by atoms with Gasteiger partial charge in [0.25, 0.3) is 5.91 Å². The third-order valence-corrected chi connectivity index (χ3v) is 2.94. The maximum absolute atomic E-state index is 11.5. The molecule has 110 valence electrons. The third kappa shape index (κ3) is 3.70. The van der Waals surface area contributed by atoms with Gasteiger partial charge in [-0.15, -0.1) is 0 Å². The third-order valence-electron chi connectivity index (χ3n) is 2.47. The monoisotopic (exact) mass is 301 g/mol. The van der Waals surface area contributed by atoms with E-state index in [1.54, 1.807) is 0 Å². The molecule has 0 aliphatic rings. The van der Waals surface area contributed by atoms with Crippen molar-refractivity contribution in [2.24, 2.45) is 5.73 Å². The topological polar surface area (TPSA) is 124 Å². The number of benzene rings is 1. The van der Waals surface area contributed by atoms with Gasteiger partial charge in [0, 0.05) is 0 Å². The molecule has 1 aromatic carbocycles. The number of rotatable bonds is 6. The molecule has 1 aromatic rings. The summed E-state index contributed by atoms with van der Waals surface area (Å²) in [5, 5.41) is 9.05. The average molecular weight is 301 g/mol. The van der Waals surface area contributed by atoms with E-state index in [0.29, 0.717) is 18.4 Å². The van der Waals surface area contributed by atoms with Crippen LogP contribution >= 0.6 is 0 Å². The molecule has 1 rings (SSSR count). The Labute approximate surface area is 116 Å². The van der Waals surface area contributed by atoms with Crippen LogP contribution in [0.4, 0.5) is 0 Å². The molecular weight excluding hydrogens is 286 g/mol. The maximum Gasteiger partial charge on any atom is 0.336 e. The van der Waals surface area contributed by atoms with Crippen molar-refractivity contribution in [2.45, 2.75) is 19.8 Å². The van der Waals surface area contributed by atoms with Crippen molar-refractivity contribution >= 4 is 22.0 Å². The molecule has 0 bridgehead atoms. The Bertz CT molecular complexity index is 650. The number of hydrogen-bond donors (Lipinski definition) is 2. The predicted octanol–water partition coefficient (Wildman–Crippen LogP) is 0.775. The molecule has 7 nitrogen and oxygen atoms in total. The van der Waals surface area contributed by atoms with Crippen LogP contribution in [0.1, 0.15) is 39.6 Å². The SMILES string of the molecule is CCCc1ccc(C(=O)O)c(C(N)=O)c1OS(C)(=O)=O. The molecule has 0 aliphatic carbocycles. The lowest BCUT2D eigenvalue weighted by Gasteiger charge is -2.14. The molecule has 0 saturated heterocycles. The number of hydrogen-bond acceptors (Lipinski definition) is 5. The number of carboxylic acid groups (broad SMARTS) is 1. The van der Waals surface area contributed by atoms with Crippen LogP contribution in [0.15, 0.2) is 12.1 Å². The number of carbonyl (C=O) groups is 2. The Morgan fingerprint density at radius 1 is 1.35 bits per heavy atom. The van der Waals surface area contributed by atoms with Crippen molar-refractivity contribution in [1.82, 2.24) is 0 Å². The van der Waals surface area contributed by atoms with Gasteiger partial charge in [-0.1, -0.05) is 19.4 Å². The summed E-state index contributed by atoms with van der Waals surface area (Å²) in [7, 11) is -3.92. The molecule has 0 saturated carbocycles. The number of carbonyl (C=O) groups excluding carboxylic acids is 1. The molecule has 0 aliphatic heterocycles. The van der Waals surface area contributed by atoms with Crippen molar-refractivity contribution in [3.63, 3.8) is 0 Å². The van der Waals surface area contributed by atoms with Crippen LogP contribution in [0.5, 0.6) is 5.75 Å². The zero-order valence-corrected chi connectivity index (χ0v) is 11.9. The van der Waals surface area contributed by atoms with Crippen molar-refractivity contribution in [1.29, 1.82) is 0 Å². The second-order valence-electron chi connectivity index (χ2n) is 4.18. The summed E-state index contributed by atoms with van der Waals surface area (Å²) in [6.45, 7) is 1.85. The fourth-order valence-corrected chi connectivity index (χ4v) is 2.25. The van der Waals surface area contributed by atoms with E-state index >= 15 is 0 Å². The number of amides is 1. The zero-order valence-electron chi connectivity index (χ0n) is 11.0. The standard InChI is InChI=1S/C12H15NO6S/c1-3-4-7-5-6-8(12(15)16)9(11(13)14)10(7)19-20(2,17)18/h5-6H,3-4H2,1-2H3,(H2,13,14)(H,15,16). The lowest BCUT2D eigenvalue weighted by Crippen LogP contribution is -2.20. The maximum atomic E-state index is 11.5. The first-order valence-corrected chi connectivity index (χ1v) is 7.57. The molecule has 20 heavy (non-hydrogen) atoms. The molecule has 0 fully saturated rings. The predicted molar refractivity (Wildman–Crippen MR) is 71.4 cm³/mol. The molecule has 8 heteroatoms. The number of aromatic carboxylic acids is 1. The summed E-state index contributed by atoms with van der Waals surface area (Å²) in [5.74, 6) is -2.75. The molecule has 0 radical (unpaired) electrons. The first-order valence-electron chi connectivity index (χ1n) is 5.75. The van der Waals surface area contributed by atoms with Crippen molar-refractivity contribution < 1.29 is 27.3 Å². The minimum Gasteiger partial charge on any atom is -0.478 e. The van der Waals surface area contributed by atoms with Gasteiger partial charge in [-0.25, -0.2) is 4.79 Å². The summed E-state index contributed by atoms with van der Waals surface area (Å²) in [6.07, 6.45) is 1.89. The Hall–Kier alpha value is -2.09. The molecular formula is C12H15NO6S. The summed E-state index contributed by atoms with van der Waals surface area (Å²) in [6, 6.07) is 2.63. The number of primary amides is 1. The Balaban J connectivity index is 3.64. The number of carboxylic acids is 1. The minimum absolute atomic E-state index is 0.304. The van der Waals surface area contributed by atoms with Gasteiger partial charge in [0.15, 0.2) is 5.75 Å². The number of aryl methyl sites for hydroxylation is 1. The molecule has 0 aromatic heterocycles. The highest BCUT2D eigenvalue weighted by Crippen LogP contribution is 2.29. The lowest BCUT2D eigenvalue weighted by molar-refractivity contribution is 0.0691. The van der Waals surface area contributed by atoms with Crippen LogP contribution in [0, 0.1) is 0 Å². The Morgan fingerprint density at radius 3 is 2.35 bits per heavy atom. The van der Waals surface area contributed by atoms with Gasteiger partial charge >= 0.3 is 16.1 Å². The smallest absolute Gasteiger partial charge is 0.336 e. The minimum atomic E-state index is -3.92. The van der Waals surface area contributed by atoms with Gasteiger partial charge in [0.1, 0.15) is 0 Å². The van der Waals surface area contributed by atoms with E-state index in [1.807, 2.05) is 6.92 Å². The fraction of sp³-hybridized carbons (Fsp3) is 0.333. The van der Waals surface area contributed by atoms with Crippen molar-refractivity contribution in [3.8, 4) is 5.75 Å². The Kier molecular flexibility index (Phi) is 4.72. The molecule has 0 heterocycles. The van der Waals surface area contributed by atoms with Crippen LogP contribution in [0.25, 0.3) is 0 Å². The summed E-state index contributed by atoms with van der Waals surface area (Å²) < 4.78 is 27.4. The van der Waals surface area contributed by atoms with Gasteiger partial charge in [0.2, 0.25) is 0 Å². The number of nitrogens with two attached hydrogens (primary N) is 1. The molecule has 0 atom stereocenters. The fourth-order valence-electron chi connectivity index (χ4n) is 1.76. The lowest BCUT2D eigenvalue weighted by atomic mass is 9.99. The Morgan fingerprint density at radius 2 is 1.95 bits per heavy atom. The van der Waals surface area contributed by atoms with Crippen LogP contribution in [-0.4, -0.2) is 31.7 Å². The van der Waals surface area contributed by atoms with Gasteiger partial charge < -0.3 is 15.0 Å². The van der Waals surface area contributed by atoms with Gasteiger partial charge in [-0.3, -0.25) is 4.79 Å². The van der Waals surface area contributed by atoms with Crippen LogP contribution in [-0.2, 0) is 16.5 Å². The largest absolute Gasteiger partial charge is 0.478 e. The van der Waals surface area contributed by atoms with E-state index in [4.69, 9.17) is 15.0 Å². The van der Waals surface area contributed by atoms with E-state index in [9.17, 15) is 18.0 Å². The molecule has 0 spiro atoms. The molecule has 1 amide bonds. The first kappa shape index (κ1) is 16.0. The van der Waals surface area contributed by atoms with E-state index in [2.05, 4.69) is 0 Å². The highest BCUT2D eigenvalue weighted by Gasteiger charge is 2.25. The summed E-state index contributed by atoms with van der Waals surface area (Å²) in [4.78, 5) is 22.6. The van der Waals surface area contributed by atoms with E-state index in [-0.39, 0.29) is 5.75 Å². The van der Waals surface area contributed by atoms with Crippen molar-refractivity contribution in [2.75, 3.05) is 6.26 Å². The summed E-state index contributed by atoms with van der Waals surface area (Å²) in [5.41, 5.74) is 4.74. The highest BCUT2D eigenvalue weighted by molar-refractivity contribution is 7.86. The van der Waals surface area contributed by atoms with Crippen LogP contribution in [0.2, 0.25) is 0 Å². The highest BCUT2D eigenvalue weighted by atomic mass is 32.2. The zero-order chi connectivity index (χ0) is 15.5. The normalized spacial score (nSPS) is 11.1. The molecule has 0 unspecified atom stereocenters. The second-order valence-corrected chi connectivity index (χ2v) is 5.76. The van der Waals surface area contributed by atoms with Gasteiger partial charge in [0.05, 0.1) is 17.4 Å². The van der Waals surface area contributed by atoms with Crippen molar-refractivity contribution in [3.05, 3.63) is 28.8 Å².